The quantitative estimate of drug-likeness (QED) is 0.658. The van der Waals surface area contributed by atoms with Gasteiger partial charge in [0.25, 0.3) is 0 Å². The molecule has 0 spiro atoms. The summed E-state index contributed by atoms with van der Waals surface area (Å²) in [6.07, 6.45) is 3.17. The molecule has 0 radical (unpaired) electrons. The van der Waals surface area contributed by atoms with Gasteiger partial charge in [0.2, 0.25) is 0 Å². The van der Waals surface area contributed by atoms with Gasteiger partial charge in [0.15, 0.2) is 0 Å². The van der Waals surface area contributed by atoms with Crippen molar-refractivity contribution in [2.45, 2.75) is 31.5 Å². The second kappa shape index (κ2) is 3.04. The fourth-order valence-corrected chi connectivity index (χ4v) is 2.51. The van der Waals surface area contributed by atoms with Crippen LogP contribution >= 0.6 is 0 Å². The molecule has 0 saturated carbocycles. The maximum absolute atomic E-state index is 9.10. The number of hydrogen-bond donors (Lipinski definition) is 1. The minimum Gasteiger partial charge on any atom is -0.396 e. The molecule has 66 valence electrons. The lowest BCUT2D eigenvalue weighted by Gasteiger charge is -2.23. The molecule has 2 bridgehead atoms. The summed E-state index contributed by atoms with van der Waals surface area (Å²) >= 11 is 0. The van der Waals surface area contributed by atoms with Gasteiger partial charge in [-0.15, -0.1) is 0 Å². The number of aliphatic hydroxyl groups is 1. The fourth-order valence-electron chi connectivity index (χ4n) is 2.51. The first-order valence-electron chi connectivity index (χ1n) is 4.50. The van der Waals surface area contributed by atoms with Crippen LogP contribution < -0.4 is 0 Å². The average molecular weight is 167 g/mol. The van der Waals surface area contributed by atoms with Crippen LogP contribution in [0.15, 0.2) is 0 Å². The Hall–Kier alpha value is -0.590. The zero-order valence-corrected chi connectivity index (χ0v) is 6.94. The van der Waals surface area contributed by atoms with Crippen LogP contribution in [-0.2, 0) is 4.74 Å². The largest absolute Gasteiger partial charge is 0.396 e. The average Bonchev–Trinajstić information content (AvgIpc) is 2.64. The highest BCUT2D eigenvalue weighted by molar-refractivity contribution is 4.98. The molecule has 2 aliphatic rings. The van der Waals surface area contributed by atoms with Crippen molar-refractivity contribution in [1.29, 1.82) is 5.26 Å². The third-order valence-corrected chi connectivity index (χ3v) is 3.13. The Morgan fingerprint density at radius 3 is 2.58 bits per heavy atom. The molecule has 0 aromatic rings. The highest BCUT2D eigenvalue weighted by Gasteiger charge is 2.48. The van der Waals surface area contributed by atoms with E-state index in [-0.39, 0.29) is 24.7 Å². The van der Waals surface area contributed by atoms with E-state index in [4.69, 9.17) is 15.1 Å². The molecule has 0 aliphatic carbocycles. The summed E-state index contributed by atoms with van der Waals surface area (Å²) in [6, 6.07) is 2.17. The molecule has 0 aromatic carbocycles. The van der Waals surface area contributed by atoms with Crippen molar-refractivity contribution in [3.05, 3.63) is 0 Å². The van der Waals surface area contributed by atoms with Crippen molar-refractivity contribution in [3.8, 4) is 6.07 Å². The molecule has 3 nitrogen and oxygen atoms in total. The molecule has 2 aliphatic heterocycles. The van der Waals surface area contributed by atoms with Gasteiger partial charge in [-0.05, 0) is 12.8 Å². The van der Waals surface area contributed by atoms with E-state index in [9.17, 15) is 0 Å². The minimum absolute atomic E-state index is 0.174. The van der Waals surface area contributed by atoms with E-state index < -0.39 is 0 Å². The molecule has 2 fully saturated rings. The SMILES string of the molecule is N#CC[C@@H]1[C@@H](CO)[C@H]2CC[C@@H]1O2. The number of fused-ring (bicyclic) bond motifs is 2. The third-order valence-electron chi connectivity index (χ3n) is 3.13. The molecular weight excluding hydrogens is 154 g/mol. The van der Waals surface area contributed by atoms with Gasteiger partial charge in [0.05, 0.1) is 18.3 Å². The summed E-state index contributed by atoms with van der Waals surface area (Å²) in [7, 11) is 0. The van der Waals surface area contributed by atoms with Gasteiger partial charge < -0.3 is 9.84 Å². The van der Waals surface area contributed by atoms with Gasteiger partial charge in [-0.1, -0.05) is 0 Å². The van der Waals surface area contributed by atoms with Crippen LogP contribution in [0.4, 0.5) is 0 Å². The van der Waals surface area contributed by atoms with E-state index in [0.29, 0.717) is 12.3 Å². The first-order chi connectivity index (χ1) is 5.86. The van der Waals surface area contributed by atoms with E-state index in [1.54, 1.807) is 0 Å². The van der Waals surface area contributed by atoms with E-state index in [1.807, 2.05) is 0 Å². The second-order valence-corrected chi connectivity index (χ2v) is 3.66. The van der Waals surface area contributed by atoms with E-state index >= 15 is 0 Å². The van der Waals surface area contributed by atoms with E-state index in [2.05, 4.69) is 6.07 Å². The molecule has 2 rings (SSSR count). The molecule has 2 saturated heterocycles. The normalized spacial score (nSPS) is 44.7. The van der Waals surface area contributed by atoms with Crippen LogP contribution in [0.1, 0.15) is 19.3 Å². The predicted octanol–water partition coefficient (Wildman–Crippen LogP) is 0.686. The predicted molar refractivity (Wildman–Crippen MR) is 42.2 cm³/mol. The van der Waals surface area contributed by atoms with Gasteiger partial charge in [-0.25, -0.2) is 0 Å². The maximum Gasteiger partial charge on any atom is 0.0634 e. The zero-order chi connectivity index (χ0) is 8.55. The fraction of sp³-hybridized carbons (Fsp3) is 0.889. The van der Waals surface area contributed by atoms with Crippen LogP contribution in [0.5, 0.6) is 0 Å². The van der Waals surface area contributed by atoms with Crippen LogP contribution in [0.3, 0.4) is 0 Å². The minimum atomic E-state index is 0.174. The Labute approximate surface area is 71.9 Å². The summed E-state index contributed by atoms with van der Waals surface area (Å²) in [6.45, 7) is 0.174. The van der Waals surface area contributed by atoms with E-state index in [1.165, 1.54) is 0 Å². The number of hydrogen-bond acceptors (Lipinski definition) is 3. The summed E-state index contributed by atoms with van der Waals surface area (Å²) < 4.78 is 5.63. The molecule has 12 heavy (non-hydrogen) atoms. The lowest BCUT2D eigenvalue weighted by molar-refractivity contribution is 0.0787. The van der Waals surface area contributed by atoms with Crippen molar-refractivity contribution in [1.82, 2.24) is 0 Å². The summed E-state index contributed by atoms with van der Waals surface area (Å²) in [5.41, 5.74) is 0. The summed E-state index contributed by atoms with van der Waals surface area (Å²) in [5, 5.41) is 17.7. The Bertz CT molecular complexity index is 211. The molecule has 4 atom stereocenters. The topological polar surface area (TPSA) is 53.2 Å². The molecule has 0 unspecified atom stereocenters. The molecule has 2 heterocycles. The molecule has 3 heteroatoms. The molecule has 1 N–H and O–H groups in total. The van der Waals surface area contributed by atoms with Crippen LogP contribution in [0.25, 0.3) is 0 Å². The lowest BCUT2D eigenvalue weighted by Crippen LogP contribution is -2.29. The van der Waals surface area contributed by atoms with Crippen LogP contribution in [0, 0.1) is 23.2 Å². The van der Waals surface area contributed by atoms with Gasteiger partial charge in [-0.3, -0.25) is 0 Å². The molecular formula is C9H13NO2. The Kier molecular flexibility index (Phi) is 2.03. The van der Waals surface area contributed by atoms with Crippen molar-refractivity contribution < 1.29 is 9.84 Å². The Morgan fingerprint density at radius 1 is 1.33 bits per heavy atom. The maximum atomic E-state index is 9.10. The number of rotatable bonds is 2. The standard InChI is InChI=1S/C9H13NO2/c10-4-3-6-7(5-11)9-2-1-8(6)12-9/h6-9,11H,1-3,5H2/t6-,7-,8+,9-/m1/s1. The number of ether oxygens (including phenoxy) is 1. The highest BCUT2D eigenvalue weighted by atomic mass is 16.5. The van der Waals surface area contributed by atoms with Crippen molar-refractivity contribution in [2.24, 2.45) is 11.8 Å². The van der Waals surface area contributed by atoms with Gasteiger partial charge in [0.1, 0.15) is 0 Å². The van der Waals surface area contributed by atoms with E-state index in [0.717, 1.165) is 12.8 Å². The first-order valence-corrected chi connectivity index (χ1v) is 4.50. The van der Waals surface area contributed by atoms with Crippen molar-refractivity contribution >= 4 is 0 Å². The Morgan fingerprint density at radius 2 is 2.00 bits per heavy atom. The summed E-state index contributed by atoms with van der Waals surface area (Å²) in [5.74, 6) is 0.516. The molecule has 0 aromatic heterocycles. The van der Waals surface area contributed by atoms with Crippen LogP contribution in [0.2, 0.25) is 0 Å². The molecule has 0 amide bonds. The van der Waals surface area contributed by atoms with Crippen LogP contribution in [-0.4, -0.2) is 23.9 Å². The van der Waals surface area contributed by atoms with Gasteiger partial charge >= 0.3 is 0 Å². The number of aliphatic hydroxyl groups excluding tert-OH is 1. The van der Waals surface area contributed by atoms with Crippen molar-refractivity contribution in [3.63, 3.8) is 0 Å². The summed E-state index contributed by atoms with van der Waals surface area (Å²) in [4.78, 5) is 0. The number of nitrogens with zero attached hydrogens (tertiary/aromatic N) is 1. The second-order valence-electron chi connectivity index (χ2n) is 3.66. The third kappa shape index (κ3) is 1.03. The zero-order valence-electron chi connectivity index (χ0n) is 6.94. The van der Waals surface area contributed by atoms with Gasteiger partial charge in [-0.2, -0.15) is 5.26 Å². The lowest BCUT2D eigenvalue weighted by atomic mass is 9.78. The Balaban J connectivity index is 2.07. The first kappa shape index (κ1) is 8.03. The smallest absolute Gasteiger partial charge is 0.0634 e. The van der Waals surface area contributed by atoms with Gasteiger partial charge in [0, 0.05) is 24.9 Å². The number of nitriles is 1. The van der Waals surface area contributed by atoms with Crippen molar-refractivity contribution in [2.75, 3.05) is 6.61 Å². The monoisotopic (exact) mass is 167 g/mol. The highest BCUT2D eigenvalue weighted by Crippen LogP contribution is 2.44.